The van der Waals surface area contributed by atoms with Crippen LogP contribution in [0.5, 0.6) is 0 Å². The molecular formula is C15H20FN3O3S. The summed E-state index contributed by atoms with van der Waals surface area (Å²) < 4.78 is 41.9. The van der Waals surface area contributed by atoms with Gasteiger partial charge in [0.05, 0.1) is 17.7 Å². The Balaban J connectivity index is 2.38. The number of rotatable bonds is 7. The highest BCUT2D eigenvalue weighted by molar-refractivity contribution is 7.89. The van der Waals surface area contributed by atoms with Crippen LogP contribution in [0.3, 0.4) is 0 Å². The summed E-state index contributed by atoms with van der Waals surface area (Å²) in [6.07, 6.45) is 3.85. The van der Waals surface area contributed by atoms with E-state index in [2.05, 4.69) is 5.10 Å². The Morgan fingerprint density at radius 1 is 1.35 bits per heavy atom. The highest BCUT2D eigenvalue weighted by atomic mass is 32.2. The summed E-state index contributed by atoms with van der Waals surface area (Å²) in [4.78, 5) is -0.135. The maximum Gasteiger partial charge on any atom is 0.243 e. The molecule has 8 heteroatoms. The second-order valence-corrected chi connectivity index (χ2v) is 7.14. The molecule has 0 atom stereocenters. The average Bonchev–Trinajstić information content (AvgIpc) is 2.93. The second kappa shape index (κ2) is 7.20. The van der Waals surface area contributed by atoms with Gasteiger partial charge in [0.2, 0.25) is 10.0 Å². The van der Waals surface area contributed by atoms with E-state index in [1.807, 2.05) is 13.8 Å². The van der Waals surface area contributed by atoms with Crippen LogP contribution in [0.15, 0.2) is 35.5 Å². The van der Waals surface area contributed by atoms with Gasteiger partial charge in [0.25, 0.3) is 0 Å². The van der Waals surface area contributed by atoms with Crippen molar-refractivity contribution in [2.24, 2.45) is 0 Å². The van der Waals surface area contributed by atoms with Gasteiger partial charge in [-0.25, -0.2) is 17.5 Å². The molecule has 0 aliphatic carbocycles. The van der Waals surface area contributed by atoms with E-state index in [-0.39, 0.29) is 30.3 Å². The van der Waals surface area contributed by atoms with Gasteiger partial charge in [0.1, 0.15) is 11.5 Å². The fourth-order valence-electron chi connectivity index (χ4n) is 2.24. The predicted molar refractivity (Wildman–Crippen MR) is 84.4 cm³/mol. The molecule has 1 aromatic heterocycles. The van der Waals surface area contributed by atoms with Crippen LogP contribution in [0.4, 0.5) is 4.39 Å². The van der Waals surface area contributed by atoms with E-state index >= 15 is 0 Å². The van der Waals surface area contributed by atoms with E-state index in [1.54, 1.807) is 12.4 Å². The van der Waals surface area contributed by atoms with Crippen molar-refractivity contribution in [1.82, 2.24) is 14.1 Å². The topological polar surface area (TPSA) is 75.4 Å². The van der Waals surface area contributed by atoms with E-state index in [0.717, 1.165) is 15.9 Å². The highest BCUT2D eigenvalue weighted by Gasteiger charge is 2.24. The minimum absolute atomic E-state index is 0.0160. The summed E-state index contributed by atoms with van der Waals surface area (Å²) in [5.41, 5.74) is 1.06. The lowest BCUT2D eigenvalue weighted by Crippen LogP contribution is -2.34. The Morgan fingerprint density at radius 2 is 2.09 bits per heavy atom. The molecule has 1 heterocycles. The number of benzene rings is 1. The molecule has 0 bridgehead atoms. The number of aliphatic hydroxyl groups excluding tert-OH is 1. The van der Waals surface area contributed by atoms with Gasteiger partial charge in [-0.3, -0.25) is 0 Å². The number of hydrogen-bond donors (Lipinski definition) is 1. The summed E-state index contributed by atoms with van der Waals surface area (Å²) >= 11 is 0. The van der Waals surface area contributed by atoms with Gasteiger partial charge in [-0.05, 0) is 37.1 Å². The van der Waals surface area contributed by atoms with Crippen molar-refractivity contribution in [1.29, 1.82) is 0 Å². The normalized spacial score (nSPS) is 12.0. The molecule has 0 aliphatic rings. The van der Waals surface area contributed by atoms with Crippen LogP contribution in [0.2, 0.25) is 0 Å². The van der Waals surface area contributed by atoms with E-state index < -0.39 is 15.8 Å². The maximum atomic E-state index is 14.3. The largest absolute Gasteiger partial charge is 0.395 e. The first-order valence-corrected chi connectivity index (χ1v) is 8.76. The van der Waals surface area contributed by atoms with Crippen LogP contribution >= 0.6 is 0 Å². The fraction of sp³-hybridized carbons (Fsp3) is 0.400. The first kappa shape index (κ1) is 17.6. The van der Waals surface area contributed by atoms with Crippen LogP contribution in [0.25, 0.3) is 5.69 Å². The summed E-state index contributed by atoms with van der Waals surface area (Å²) in [5, 5.41) is 13.0. The summed E-state index contributed by atoms with van der Waals surface area (Å²) in [7, 11) is -3.84. The predicted octanol–water partition coefficient (Wildman–Crippen LogP) is 1.71. The van der Waals surface area contributed by atoms with Crippen LogP contribution in [-0.2, 0) is 10.0 Å². The standard InChI is InChI=1S/C15H20FN3O3S/c1-3-6-18(7-8-20)23(21,22)13-4-5-15(14(16)9-13)19-11-12(2)10-17-19/h4-5,9-11,20H,3,6-8H2,1-2H3. The minimum atomic E-state index is -3.84. The second-order valence-electron chi connectivity index (χ2n) is 5.20. The van der Waals surface area contributed by atoms with Crippen molar-refractivity contribution in [3.63, 3.8) is 0 Å². The summed E-state index contributed by atoms with van der Waals surface area (Å²) in [6.45, 7) is 3.64. The zero-order valence-corrected chi connectivity index (χ0v) is 13.9. The van der Waals surface area contributed by atoms with Crippen molar-refractivity contribution in [2.45, 2.75) is 25.2 Å². The van der Waals surface area contributed by atoms with Crippen molar-refractivity contribution in [3.05, 3.63) is 42.0 Å². The molecule has 6 nitrogen and oxygen atoms in total. The van der Waals surface area contributed by atoms with Crippen LogP contribution < -0.4 is 0 Å². The number of aromatic nitrogens is 2. The van der Waals surface area contributed by atoms with Gasteiger partial charge < -0.3 is 5.11 Å². The molecule has 0 saturated carbocycles. The minimum Gasteiger partial charge on any atom is -0.395 e. The van der Waals surface area contributed by atoms with E-state index in [4.69, 9.17) is 5.11 Å². The molecule has 0 amide bonds. The number of aryl methyl sites for hydroxylation is 1. The Hall–Kier alpha value is -1.77. The number of nitrogens with zero attached hydrogens (tertiary/aromatic N) is 3. The lowest BCUT2D eigenvalue weighted by molar-refractivity contribution is 0.253. The Morgan fingerprint density at radius 3 is 2.61 bits per heavy atom. The SMILES string of the molecule is CCCN(CCO)S(=O)(=O)c1ccc(-n2cc(C)cn2)c(F)c1. The highest BCUT2D eigenvalue weighted by Crippen LogP contribution is 2.21. The number of hydrogen-bond acceptors (Lipinski definition) is 4. The van der Waals surface area contributed by atoms with Crippen LogP contribution in [0.1, 0.15) is 18.9 Å². The molecule has 2 rings (SSSR count). The Labute approximate surface area is 135 Å². The Kier molecular flexibility index (Phi) is 5.51. The van der Waals surface area contributed by atoms with E-state index in [9.17, 15) is 12.8 Å². The van der Waals surface area contributed by atoms with Crippen molar-refractivity contribution >= 4 is 10.0 Å². The van der Waals surface area contributed by atoms with Crippen molar-refractivity contribution < 1.29 is 17.9 Å². The Bertz CT molecular complexity index is 768. The smallest absolute Gasteiger partial charge is 0.243 e. The monoisotopic (exact) mass is 341 g/mol. The van der Waals surface area contributed by atoms with Gasteiger partial charge in [-0.1, -0.05) is 6.92 Å². The molecule has 0 spiro atoms. The number of aliphatic hydroxyl groups is 1. The number of sulfonamides is 1. The van der Waals surface area contributed by atoms with E-state index in [1.165, 1.54) is 16.8 Å². The first-order chi connectivity index (χ1) is 10.9. The molecule has 0 aliphatic heterocycles. The third-order valence-electron chi connectivity index (χ3n) is 3.34. The van der Waals surface area contributed by atoms with Gasteiger partial charge >= 0.3 is 0 Å². The van der Waals surface area contributed by atoms with Crippen LogP contribution in [0, 0.1) is 12.7 Å². The van der Waals surface area contributed by atoms with Gasteiger partial charge in [0, 0.05) is 19.3 Å². The third-order valence-corrected chi connectivity index (χ3v) is 5.23. The molecule has 0 saturated heterocycles. The van der Waals surface area contributed by atoms with Gasteiger partial charge in [-0.2, -0.15) is 9.40 Å². The van der Waals surface area contributed by atoms with Gasteiger partial charge in [-0.15, -0.1) is 0 Å². The molecule has 23 heavy (non-hydrogen) atoms. The quantitative estimate of drug-likeness (QED) is 0.832. The average molecular weight is 341 g/mol. The van der Waals surface area contributed by atoms with Crippen molar-refractivity contribution in [2.75, 3.05) is 19.7 Å². The molecule has 0 radical (unpaired) electrons. The third kappa shape index (κ3) is 3.77. The molecule has 0 fully saturated rings. The van der Waals surface area contributed by atoms with Crippen molar-refractivity contribution in [3.8, 4) is 5.69 Å². The molecule has 1 aromatic carbocycles. The summed E-state index contributed by atoms with van der Waals surface area (Å²) in [5.74, 6) is -0.672. The zero-order valence-electron chi connectivity index (χ0n) is 13.1. The lowest BCUT2D eigenvalue weighted by Gasteiger charge is -2.20. The summed E-state index contributed by atoms with van der Waals surface area (Å²) in [6, 6.07) is 3.73. The maximum absolute atomic E-state index is 14.3. The molecule has 0 unspecified atom stereocenters. The fourth-order valence-corrected chi connectivity index (χ4v) is 3.78. The molecule has 1 N–H and O–H groups in total. The van der Waals surface area contributed by atoms with Gasteiger partial charge in [0.15, 0.2) is 0 Å². The lowest BCUT2D eigenvalue weighted by atomic mass is 10.3. The zero-order chi connectivity index (χ0) is 17.0. The first-order valence-electron chi connectivity index (χ1n) is 7.32. The number of halogens is 1. The van der Waals surface area contributed by atoms with Crippen LogP contribution in [-0.4, -0.2) is 47.3 Å². The molecule has 2 aromatic rings. The molecule has 126 valence electrons. The molecular weight excluding hydrogens is 321 g/mol. The van der Waals surface area contributed by atoms with E-state index in [0.29, 0.717) is 6.42 Å².